The number of anilines is 1. The fraction of sp³-hybridized carbons (Fsp3) is 0.158. The van der Waals surface area contributed by atoms with Crippen molar-refractivity contribution in [1.29, 1.82) is 0 Å². The summed E-state index contributed by atoms with van der Waals surface area (Å²) in [6.07, 6.45) is 0.713. The molecule has 0 aliphatic carbocycles. The van der Waals surface area contributed by atoms with Crippen molar-refractivity contribution >= 4 is 45.8 Å². The molecule has 3 rings (SSSR count). The van der Waals surface area contributed by atoms with E-state index >= 15 is 0 Å². The Morgan fingerprint density at radius 2 is 2.00 bits per heavy atom. The minimum absolute atomic E-state index is 0.230. The first-order chi connectivity index (χ1) is 12.5. The summed E-state index contributed by atoms with van der Waals surface area (Å²) in [5, 5.41) is 4.09. The van der Waals surface area contributed by atoms with Gasteiger partial charge in [-0.3, -0.25) is 4.79 Å². The van der Waals surface area contributed by atoms with Gasteiger partial charge >= 0.3 is 5.63 Å². The number of halogens is 2. The number of benzene rings is 2. The molecule has 134 valence electrons. The van der Waals surface area contributed by atoms with Gasteiger partial charge in [0.25, 0.3) is 5.91 Å². The Kier molecular flexibility index (Phi) is 5.49. The van der Waals surface area contributed by atoms with Crippen molar-refractivity contribution in [2.24, 2.45) is 0 Å². The van der Waals surface area contributed by atoms with Crippen LogP contribution in [0.2, 0.25) is 10.0 Å². The zero-order chi connectivity index (χ0) is 18.7. The van der Waals surface area contributed by atoms with Crippen molar-refractivity contribution in [3.05, 3.63) is 68.5 Å². The lowest BCUT2D eigenvalue weighted by Crippen LogP contribution is -2.20. The van der Waals surface area contributed by atoms with Gasteiger partial charge in [0.1, 0.15) is 11.3 Å². The number of amides is 1. The van der Waals surface area contributed by atoms with E-state index in [9.17, 15) is 9.59 Å². The second kappa shape index (κ2) is 7.81. The van der Waals surface area contributed by atoms with Crippen LogP contribution >= 0.6 is 23.2 Å². The van der Waals surface area contributed by atoms with Crippen LogP contribution in [0.25, 0.3) is 11.0 Å². The number of hydrogen-bond donors (Lipinski definition) is 1. The Morgan fingerprint density at radius 3 is 2.77 bits per heavy atom. The molecule has 0 aliphatic heterocycles. The van der Waals surface area contributed by atoms with Crippen molar-refractivity contribution in [2.45, 2.75) is 13.3 Å². The monoisotopic (exact) mass is 391 g/mol. The molecule has 1 aromatic heterocycles. The molecule has 1 amide bonds. The second-order valence-corrected chi connectivity index (χ2v) is 6.33. The molecule has 0 spiro atoms. The summed E-state index contributed by atoms with van der Waals surface area (Å²) in [4.78, 5) is 23.7. The molecule has 0 fully saturated rings. The minimum Gasteiger partial charge on any atom is -0.484 e. The summed E-state index contributed by atoms with van der Waals surface area (Å²) in [7, 11) is 0. The van der Waals surface area contributed by atoms with Gasteiger partial charge in [-0.15, -0.1) is 0 Å². The highest BCUT2D eigenvalue weighted by molar-refractivity contribution is 6.44. The predicted molar refractivity (Wildman–Crippen MR) is 102 cm³/mol. The molecule has 0 bridgehead atoms. The van der Waals surface area contributed by atoms with Gasteiger partial charge in [0.05, 0.1) is 15.7 Å². The standard InChI is InChI=1S/C19H15Cl2NO4/c1-2-11-8-18(24)26-16-9-12(6-7-13(11)16)25-10-17(23)22-15-5-3-4-14(20)19(15)21/h3-9H,2,10H2,1H3,(H,22,23). The molecule has 7 heteroatoms. The van der Waals surface area contributed by atoms with Gasteiger partial charge in [-0.05, 0) is 36.2 Å². The van der Waals surface area contributed by atoms with Crippen molar-refractivity contribution in [1.82, 2.24) is 0 Å². The third-order valence-corrected chi connectivity index (χ3v) is 4.60. The van der Waals surface area contributed by atoms with E-state index in [2.05, 4.69) is 5.32 Å². The lowest BCUT2D eigenvalue weighted by Gasteiger charge is -2.10. The van der Waals surface area contributed by atoms with E-state index in [1.165, 1.54) is 6.07 Å². The second-order valence-electron chi connectivity index (χ2n) is 5.54. The van der Waals surface area contributed by atoms with Crippen LogP contribution in [-0.4, -0.2) is 12.5 Å². The highest BCUT2D eigenvalue weighted by Crippen LogP contribution is 2.29. The third-order valence-electron chi connectivity index (χ3n) is 3.78. The zero-order valence-corrected chi connectivity index (χ0v) is 15.4. The third kappa shape index (κ3) is 4.00. The summed E-state index contributed by atoms with van der Waals surface area (Å²) in [5.41, 5.74) is 1.31. The number of nitrogens with one attached hydrogen (secondary N) is 1. The van der Waals surface area contributed by atoms with Crippen molar-refractivity contribution in [2.75, 3.05) is 11.9 Å². The predicted octanol–water partition coefficient (Wildman–Crippen LogP) is 4.68. The van der Waals surface area contributed by atoms with Gasteiger partial charge in [0, 0.05) is 17.5 Å². The lowest BCUT2D eigenvalue weighted by molar-refractivity contribution is -0.118. The van der Waals surface area contributed by atoms with E-state index in [1.54, 1.807) is 36.4 Å². The van der Waals surface area contributed by atoms with Crippen molar-refractivity contribution < 1.29 is 13.9 Å². The first-order valence-corrected chi connectivity index (χ1v) is 8.67. The van der Waals surface area contributed by atoms with E-state index in [1.807, 2.05) is 6.92 Å². The largest absolute Gasteiger partial charge is 0.484 e. The summed E-state index contributed by atoms with van der Waals surface area (Å²) in [5.74, 6) is 0.0271. The number of aryl methyl sites for hydroxylation is 1. The van der Waals surface area contributed by atoms with E-state index < -0.39 is 11.5 Å². The highest BCUT2D eigenvalue weighted by atomic mass is 35.5. The maximum absolute atomic E-state index is 12.1. The van der Waals surface area contributed by atoms with Crippen LogP contribution in [-0.2, 0) is 11.2 Å². The Morgan fingerprint density at radius 1 is 1.19 bits per heavy atom. The van der Waals surface area contributed by atoms with Gasteiger partial charge in [-0.1, -0.05) is 36.2 Å². The van der Waals surface area contributed by atoms with Gasteiger partial charge in [-0.2, -0.15) is 0 Å². The molecule has 0 saturated carbocycles. The summed E-state index contributed by atoms with van der Waals surface area (Å²) < 4.78 is 10.7. The molecule has 2 aromatic carbocycles. The maximum atomic E-state index is 12.1. The molecule has 26 heavy (non-hydrogen) atoms. The molecule has 0 atom stereocenters. The number of rotatable bonds is 5. The number of ether oxygens (including phenoxy) is 1. The molecule has 0 radical (unpaired) electrons. The number of hydrogen-bond acceptors (Lipinski definition) is 4. The van der Waals surface area contributed by atoms with Crippen LogP contribution in [0.15, 0.2) is 51.7 Å². The van der Waals surface area contributed by atoms with Gasteiger partial charge < -0.3 is 14.5 Å². The molecular weight excluding hydrogens is 377 g/mol. The average molecular weight is 392 g/mol. The first kappa shape index (κ1) is 18.3. The number of fused-ring (bicyclic) bond motifs is 1. The average Bonchev–Trinajstić information content (AvgIpc) is 2.62. The van der Waals surface area contributed by atoms with Gasteiger partial charge in [0.2, 0.25) is 0 Å². The smallest absolute Gasteiger partial charge is 0.336 e. The molecule has 1 N–H and O–H groups in total. The van der Waals surface area contributed by atoms with Crippen LogP contribution in [0.4, 0.5) is 5.69 Å². The topological polar surface area (TPSA) is 68.5 Å². The molecule has 0 unspecified atom stereocenters. The van der Waals surface area contributed by atoms with E-state index in [-0.39, 0.29) is 11.6 Å². The fourth-order valence-corrected chi connectivity index (χ4v) is 2.88. The molecule has 3 aromatic rings. The summed E-state index contributed by atoms with van der Waals surface area (Å²) >= 11 is 11.9. The molecule has 5 nitrogen and oxygen atoms in total. The molecular formula is C19H15Cl2NO4. The molecule has 1 heterocycles. The first-order valence-electron chi connectivity index (χ1n) is 7.91. The Balaban J connectivity index is 1.72. The Hall–Kier alpha value is -2.50. The van der Waals surface area contributed by atoms with Gasteiger partial charge in [-0.25, -0.2) is 4.79 Å². The zero-order valence-electron chi connectivity index (χ0n) is 13.8. The maximum Gasteiger partial charge on any atom is 0.336 e. The lowest BCUT2D eigenvalue weighted by atomic mass is 10.1. The highest BCUT2D eigenvalue weighted by Gasteiger charge is 2.10. The Bertz CT molecular complexity index is 1030. The molecule has 0 saturated heterocycles. The fourth-order valence-electron chi connectivity index (χ4n) is 2.53. The molecule has 0 aliphatic rings. The number of carbonyl (C=O) groups excluding carboxylic acids is 1. The Labute approximate surface area is 159 Å². The van der Waals surface area contributed by atoms with Crippen LogP contribution in [0.1, 0.15) is 12.5 Å². The van der Waals surface area contributed by atoms with E-state index in [0.717, 1.165) is 10.9 Å². The van der Waals surface area contributed by atoms with E-state index in [0.29, 0.717) is 28.5 Å². The van der Waals surface area contributed by atoms with Crippen molar-refractivity contribution in [3.63, 3.8) is 0 Å². The number of carbonyl (C=O) groups is 1. The van der Waals surface area contributed by atoms with Crippen molar-refractivity contribution in [3.8, 4) is 5.75 Å². The van der Waals surface area contributed by atoms with Crippen LogP contribution < -0.4 is 15.7 Å². The normalized spacial score (nSPS) is 10.7. The van der Waals surface area contributed by atoms with E-state index in [4.69, 9.17) is 32.4 Å². The quantitative estimate of drug-likeness (QED) is 0.641. The summed E-state index contributed by atoms with van der Waals surface area (Å²) in [6.45, 7) is 1.73. The minimum atomic E-state index is -0.417. The van der Waals surface area contributed by atoms with Crippen LogP contribution in [0.3, 0.4) is 0 Å². The summed E-state index contributed by atoms with van der Waals surface area (Å²) in [6, 6.07) is 11.5. The van der Waals surface area contributed by atoms with Crippen LogP contribution in [0.5, 0.6) is 5.75 Å². The SMILES string of the molecule is CCc1cc(=O)oc2cc(OCC(=O)Nc3cccc(Cl)c3Cl)ccc12. The van der Waals surface area contributed by atoms with Gasteiger partial charge in [0.15, 0.2) is 6.61 Å². The van der Waals surface area contributed by atoms with Crippen LogP contribution in [0, 0.1) is 0 Å².